The van der Waals surface area contributed by atoms with Crippen molar-refractivity contribution in [3.8, 4) is 50.9 Å². The number of rotatable bonds is 3. The fourth-order valence-corrected chi connectivity index (χ4v) is 8.66. The van der Waals surface area contributed by atoms with E-state index in [9.17, 15) is 0 Å². The van der Waals surface area contributed by atoms with E-state index in [0.717, 1.165) is 73.2 Å². The molecule has 0 bridgehead atoms. The van der Waals surface area contributed by atoms with E-state index in [-0.39, 0.29) is 0 Å². The molecule has 7 aromatic carbocycles. The van der Waals surface area contributed by atoms with Crippen LogP contribution >= 0.6 is 0 Å². The smallest absolute Gasteiger partial charge is 0.132 e. The van der Waals surface area contributed by atoms with E-state index in [2.05, 4.69) is 161 Å². The minimum absolute atomic E-state index is 0.672. The van der Waals surface area contributed by atoms with Crippen LogP contribution in [-0.4, -0.2) is 9.55 Å². The van der Waals surface area contributed by atoms with Crippen molar-refractivity contribution >= 4 is 21.8 Å². The van der Waals surface area contributed by atoms with Gasteiger partial charge in [0.15, 0.2) is 0 Å². The summed E-state index contributed by atoms with van der Waals surface area (Å²) in [6, 6.07) is 60.3. The lowest BCUT2D eigenvalue weighted by Crippen LogP contribution is -2.36. The molecule has 0 fully saturated rings. The van der Waals surface area contributed by atoms with Gasteiger partial charge in [-0.05, 0) is 71.3 Å². The quantitative estimate of drug-likeness (QED) is 0.188. The highest BCUT2D eigenvalue weighted by Crippen LogP contribution is 2.62. The summed E-state index contributed by atoms with van der Waals surface area (Å²) in [4.78, 5) is 4.24. The van der Waals surface area contributed by atoms with E-state index in [1.807, 2.05) is 30.6 Å². The highest BCUT2D eigenvalue weighted by atomic mass is 16.5. The summed E-state index contributed by atoms with van der Waals surface area (Å²) in [6.45, 7) is 0. The van der Waals surface area contributed by atoms with E-state index in [0.29, 0.717) is 0 Å². The number of nitrogens with zero attached hydrogens (tertiary/aromatic N) is 2. The highest BCUT2D eigenvalue weighted by Gasteiger charge is 2.50. The summed E-state index contributed by atoms with van der Waals surface area (Å²) in [7, 11) is 0. The predicted octanol–water partition coefficient (Wildman–Crippen LogP) is 12.1. The number of hydrogen-bond donors (Lipinski definition) is 0. The van der Waals surface area contributed by atoms with Crippen molar-refractivity contribution < 1.29 is 9.47 Å². The first-order valence-electron chi connectivity index (χ1n) is 17.6. The summed E-state index contributed by atoms with van der Waals surface area (Å²) < 4.78 is 16.1. The standard InChI is InChI=1S/C48H30N2O2/c1-2-11-34(12-3-1)50-42-18-7-4-13-36(42)37-15-10-14-35(47(37)50)33-22-24-41-46(30-33)52-44-20-9-6-17-39(44)48(41)38-16-5-8-19-43(38)51-45-29-32(21-23-40(45)48)31-25-27-49-28-26-31/h1-30H. The molecule has 2 aliphatic heterocycles. The van der Waals surface area contributed by atoms with Crippen LogP contribution in [0.5, 0.6) is 23.0 Å². The van der Waals surface area contributed by atoms with Crippen LogP contribution in [0.2, 0.25) is 0 Å². The van der Waals surface area contributed by atoms with E-state index < -0.39 is 5.41 Å². The topological polar surface area (TPSA) is 36.3 Å². The van der Waals surface area contributed by atoms with Gasteiger partial charge in [-0.25, -0.2) is 0 Å². The zero-order valence-electron chi connectivity index (χ0n) is 28.0. The van der Waals surface area contributed by atoms with Crippen LogP contribution in [-0.2, 0) is 5.41 Å². The zero-order chi connectivity index (χ0) is 34.2. The van der Waals surface area contributed by atoms with Gasteiger partial charge in [-0.1, -0.05) is 115 Å². The van der Waals surface area contributed by atoms with Crippen LogP contribution in [0, 0.1) is 0 Å². The summed E-state index contributed by atoms with van der Waals surface area (Å²) in [5, 5.41) is 2.45. The maximum Gasteiger partial charge on any atom is 0.132 e. The molecule has 0 N–H and O–H groups in total. The molecular formula is C48H30N2O2. The Morgan fingerprint density at radius 3 is 1.73 bits per heavy atom. The minimum atomic E-state index is -0.672. The Morgan fingerprint density at radius 1 is 0.423 bits per heavy atom. The Bertz CT molecular complexity index is 2850. The number of hydrogen-bond acceptors (Lipinski definition) is 3. The Kier molecular flexibility index (Phi) is 6.13. The van der Waals surface area contributed by atoms with Crippen LogP contribution in [0.4, 0.5) is 0 Å². The van der Waals surface area contributed by atoms with Gasteiger partial charge in [0, 0.05) is 56.7 Å². The monoisotopic (exact) mass is 666 g/mol. The molecular weight excluding hydrogens is 637 g/mol. The molecule has 2 aromatic heterocycles. The maximum absolute atomic E-state index is 6.92. The second-order valence-electron chi connectivity index (χ2n) is 13.5. The number of para-hydroxylation sites is 5. The molecule has 4 heteroatoms. The summed E-state index contributed by atoms with van der Waals surface area (Å²) in [6.07, 6.45) is 3.66. The molecule has 11 rings (SSSR count). The van der Waals surface area contributed by atoms with E-state index in [1.165, 1.54) is 21.8 Å². The Balaban J connectivity index is 1.18. The lowest BCUT2D eigenvalue weighted by atomic mass is 9.62. The van der Waals surface area contributed by atoms with Crippen molar-refractivity contribution in [3.05, 3.63) is 205 Å². The van der Waals surface area contributed by atoms with Crippen molar-refractivity contribution in [3.63, 3.8) is 0 Å². The molecule has 2 aliphatic rings. The van der Waals surface area contributed by atoms with Crippen molar-refractivity contribution in [2.45, 2.75) is 5.41 Å². The van der Waals surface area contributed by atoms with Crippen LogP contribution in [0.15, 0.2) is 182 Å². The molecule has 0 saturated carbocycles. The van der Waals surface area contributed by atoms with Crippen LogP contribution in [0.25, 0.3) is 49.7 Å². The van der Waals surface area contributed by atoms with Gasteiger partial charge in [0.05, 0.1) is 16.4 Å². The molecule has 0 saturated heterocycles. The molecule has 52 heavy (non-hydrogen) atoms. The Hall–Kier alpha value is -6.91. The SMILES string of the molecule is c1ccc(-n2c3ccccc3c3cccc(-c4ccc5c(c4)Oc4ccccc4C54c5ccccc5Oc5cc(-c6ccncc6)ccc54)c32)cc1. The molecule has 244 valence electrons. The Morgan fingerprint density at radius 2 is 1.00 bits per heavy atom. The van der Waals surface area contributed by atoms with Crippen LogP contribution in [0.3, 0.4) is 0 Å². The number of ether oxygens (including phenoxy) is 2. The first kappa shape index (κ1) is 28.9. The lowest BCUT2D eigenvalue weighted by Gasteiger charge is -2.45. The van der Waals surface area contributed by atoms with Crippen molar-refractivity contribution in [1.82, 2.24) is 9.55 Å². The van der Waals surface area contributed by atoms with Gasteiger partial charge in [0.1, 0.15) is 23.0 Å². The second kappa shape index (κ2) is 11.0. The first-order valence-corrected chi connectivity index (χ1v) is 17.6. The van der Waals surface area contributed by atoms with Crippen molar-refractivity contribution in [2.75, 3.05) is 0 Å². The third-order valence-corrected chi connectivity index (χ3v) is 10.8. The van der Waals surface area contributed by atoms with Gasteiger partial charge in [0.25, 0.3) is 0 Å². The molecule has 9 aromatic rings. The number of benzene rings is 7. The molecule has 0 amide bonds. The lowest BCUT2D eigenvalue weighted by molar-refractivity contribution is 0.399. The highest BCUT2D eigenvalue weighted by molar-refractivity contribution is 6.13. The molecule has 0 radical (unpaired) electrons. The van der Waals surface area contributed by atoms with Gasteiger partial charge in [0.2, 0.25) is 0 Å². The van der Waals surface area contributed by atoms with Crippen molar-refractivity contribution in [2.24, 2.45) is 0 Å². The third kappa shape index (κ3) is 4.00. The zero-order valence-corrected chi connectivity index (χ0v) is 28.0. The fraction of sp³-hybridized carbons (Fsp3) is 0.0208. The van der Waals surface area contributed by atoms with Gasteiger partial charge in [-0.3, -0.25) is 4.98 Å². The number of fused-ring (bicyclic) bond motifs is 11. The number of aromatic nitrogens is 2. The third-order valence-electron chi connectivity index (χ3n) is 10.8. The summed E-state index contributed by atoms with van der Waals surface area (Å²) in [5.41, 5.74) is 11.6. The molecule has 1 unspecified atom stereocenters. The maximum atomic E-state index is 6.92. The normalized spacial score (nSPS) is 15.3. The van der Waals surface area contributed by atoms with Gasteiger partial charge in [-0.2, -0.15) is 0 Å². The minimum Gasteiger partial charge on any atom is -0.457 e. The van der Waals surface area contributed by atoms with Crippen molar-refractivity contribution in [1.29, 1.82) is 0 Å². The molecule has 4 heterocycles. The summed E-state index contributed by atoms with van der Waals surface area (Å²) in [5.74, 6) is 3.34. The average molecular weight is 667 g/mol. The average Bonchev–Trinajstić information content (AvgIpc) is 3.56. The molecule has 1 spiro atoms. The van der Waals surface area contributed by atoms with Crippen LogP contribution < -0.4 is 9.47 Å². The first-order chi connectivity index (χ1) is 25.8. The fourth-order valence-electron chi connectivity index (χ4n) is 8.66. The van der Waals surface area contributed by atoms with Gasteiger partial charge in [-0.15, -0.1) is 0 Å². The van der Waals surface area contributed by atoms with E-state index in [4.69, 9.17) is 9.47 Å². The van der Waals surface area contributed by atoms with Gasteiger partial charge >= 0.3 is 0 Å². The largest absolute Gasteiger partial charge is 0.457 e. The number of pyridine rings is 1. The van der Waals surface area contributed by atoms with E-state index >= 15 is 0 Å². The molecule has 0 aliphatic carbocycles. The van der Waals surface area contributed by atoms with Crippen LogP contribution in [0.1, 0.15) is 22.3 Å². The molecule has 1 atom stereocenters. The predicted molar refractivity (Wildman–Crippen MR) is 208 cm³/mol. The van der Waals surface area contributed by atoms with E-state index in [1.54, 1.807) is 0 Å². The Labute approximate surface area is 300 Å². The molecule has 4 nitrogen and oxygen atoms in total. The summed E-state index contributed by atoms with van der Waals surface area (Å²) >= 11 is 0. The second-order valence-corrected chi connectivity index (χ2v) is 13.5. The van der Waals surface area contributed by atoms with Gasteiger partial charge < -0.3 is 14.0 Å².